The Labute approximate surface area is 205 Å². The fourth-order valence-electron chi connectivity index (χ4n) is 3.50. The highest BCUT2D eigenvalue weighted by Gasteiger charge is 2.23. The summed E-state index contributed by atoms with van der Waals surface area (Å²) in [6.45, 7) is 4.17. The third-order valence-corrected chi connectivity index (χ3v) is 7.90. The van der Waals surface area contributed by atoms with Gasteiger partial charge in [0, 0.05) is 6.99 Å². The number of rotatable bonds is 8. The monoisotopic (exact) mass is 497 g/mol. The summed E-state index contributed by atoms with van der Waals surface area (Å²) in [5, 5.41) is 7.48. The van der Waals surface area contributed by atoms with Gasteiger partial charge in [0.15, 0.2) is 9.84 Å². The SMILES string of the molecule is Cc1ncc(-c2ccc(S(=O)(=O)C(C)CCN(C)C)cc2)nc1-c1nnc(-c2ccccc2F)o1.[HH]. The molecule has 1 atom stereocenters. The normalized spacial score (nSPS) is 12.7. The second kappa shape index (κ2) is 10.0. The van der Waals surface area contributed by atoms with Gasteiger partial charge in [-0.05, 0) is 65.2 Å². The van der Waals surface area contributed by atoms with Crippen LogP contribution in [0.15, 0.2) is 64.0 Å². The minimum absolute atomic E-state index is 0. The number of aromatic nitrogens is 4. The molecular weight excluding hydrogens is 469 g/mol. The van der Waals surface area contributed by atoms with Gasteiger partial charge in [0.1, 0.15) is 11.5 Å². The van der Waals surface area contributed by atoms with Crippen LogP contribution in [0.4, 0.5) is 4.39 Å². The Hall–Kier alpha value is -3.50. The van der Waals surface area contributed by atoms with Gasteiger partial charge in [-0.1, -0.05) is 24.3 Å². The van der Waals surface area contributed by atoms with Gasteiger partial charge < -0.3 is 9.32 Å². The van der Waals surface area contributed by atoms with Gasteiger partial charge in [0.05, 0.1) is 33.3 Å². The summed E-state index contributed by atoms with van der Waals surface area (Å²) in [7, 11) is 0.388. The molecule has 4 aromatic rings. The van der Waals surface area contributed by atoms with Gasteiger partial charge in [0.25, 0.3) is 11.8 Å². The predicted octanol–water partition coefficient (Wildman–Crippen LogP) is 4.67. The van der Waals surface area contributed by atoms with Crippen LogP contribution >= 0.6 is 0 Å². The molecule has 0 aliphatic carbocycles. The van der Waals surface area contributed by atoms with Gasteiger partial charge in [-0.2, -0.15) is 0 Å². The van der Waals surface area contributed by atoms with E-state index < -0.39 is 20.9 Å². The van der Waals surface area contributed by atoms with Crippen molar-refractivity contribution in [3.05, 3.63) is 66.2 Å². The van der Waals surface area contributed by atoms with Crippen molar-refractivity contribution < 1.29 is 18.7 Å². The van der Waals surface area contributed by atoms with E-state index >= 15 is 0 Å². The number of hydrogen-bond acceptors (Lipinski definition) is 8. The minimum atomic E-state index is -3.45. The van der Waals surface area contributed by atoms with Crippen LogP contribution in [-0.4, -0.2) is 59.4 Å². The number of aryl methyl sites for hydroxylation is 1. The van der Waals surface area contributed by atoms with E-state index in [1.165, 1.54) is 6.07 Å². The van der Waals surface area contributed by atoms with Gasteiger partial charge in [-0.15, -0.1) is 10.2 Å². The fraction of sp³-hybridized carbons (Fsp3) is 0.280. The second-order valence-corrected chi connectivity index (χ2v) is 10.9. The van der Waals surface area contributed by atoms with Crippen molar-refractivity contribution in [2.75, 3.05) is 20.6 Å². The second-order valence-electron chi connectivity index (χ2n) is 8.55. The summed E-state index contributed by atoms with van der Waals surface area (Å²) in [4.78, 5) is 11.2. The quantitative estimate of drug-likeness (QED) is 0.346. The van der Waals surface area contributed by atoms with Crippen LogP contribution in [0.2, 0.25) is 0 Å². The molecule has 8 nitrogen and oxygen atoms in total. The molecule has 184 valence electrons. The predicted molar refractivity (Wildman–Crippen MR) is 133 cm³/mol. The molecule has 0 saturated heterocycles. The zero-order chi connectivity index (χ0) is 25.2. The number of hydrogen-bond donors (Lipinski definition) is 0. The molecule has 0 radical (unpaired) electrons. The number of benzene rings is 2. The van der Waals surface area contributed by atoms with Crippen LogP contribution in [0.5, 0.6) is 0 Å². The average Bonchev–Trinajstić information content (AvgIpc) is 3.33. The van der Waals surface area contributed by atoms with Crippen LogP contribution in [0.1, 0.15) is 20.5 Å². The molecule has 0 N–H and O–H groups in total. The van der Waals surface area contributed by atoms with Crippen molar-refractivity contribution in [3.63, 3.8) is 0 Å². The summed E-state index contributed by atoms with van der Waals surface area (Å²) < 4.78 is 45.6. The molecule has 2 aromatic carbocycles. The van der Waals surface area contributed by atoms with Crippen LogP contribution in [0.3, 0.4) is 0 Å². The summed E-state index contributed by atoms with van der Waals surface area (Å²) in [6, 6.07) is 12.7. The Morgan fingerprint density at radius 2 is 1.74 bits per heavy atom. The topological polar surface area (TPSA) is 102 Å². The first-order valence-electron chi connectivity index (χ1n) is 11.1. The molecule has 1 unspecified atom stereocenters. The number of nitrogens with zero attached hydrogens (tertiary/aromatic N) is 5. The molecule has 2 heterocycles. The highest BCUT2D eigenvalue weighted by Crippen LogP contribution is 2.28. The van der Waals surface area contributed by atoms with E-state index in [2.05, 4.69) is 20.2 Å². The lowest BCUT2D eigenvalue weighted by Gasteiger charge is -2.16. The molecule has 0 aliphatic heterocycles. The Kier molecular flexibility index (Phi) is 7.04. The molecule has 10 heteroatoms. The van der Waals surface area contributed by atoms with E-state index in [4.69, 9.17) is 4.42 Å². The molecule has 0 amide bonds. The van der Waals surface area contributed by atoms with Gasteiger partial charge in [0.2, 0.25) is 0 Å². The summed E-state index contributed by atoms with van der Waals surface area (Å²) in [5.41, 5.74) is 2.33. The first-order chi connectivity index (χ1) is 16.7. The molecule has 0 spiro atoms. The van der Waals surface area contributed by atoms with Crippen LogP contribution in [-0.2, 0) is 9.84 Å². The lowest BCUT2D eigenvalue weighted by atomic mass is 10.1. The van der Waals surface area contributed by atoms with Gasteiger partial charge in [-0.3, -0.25) is 4.98 Å². The largest absolute Gasteiger partial charge is 0.414 e. The Balaban J connectivity index is 0.00000361. The van der Waals surface area contributed by atoms with E-state index in [9.17, 15) is 12.8 Å². The van der Waals surface area contributed by atoms with Crippen molar-refractivity contribution in [2.45, 2.75) is 30.4 Å². The Morgan fingerprint density at radius 3 is 2.43 bits per heavy atom. The van der Waals surface area contributed by atoms with E-state index in [-0.39, 0.29) is 23.7 Å². The molecular formula is C25H28FN5O3S. The highest BCUT2D eigenvalue weighted by atomic mass is 32.2. The standard InChI is InChI=1S/C25H26FN5O3S.H2/c1-16(13-14-31(3)4)35(32,33)19-11-9-18(10-12-19)22-15-27-17(2)23(28-22)25-30-29-24(34-25)20-7-5-6-8-21(20)26;/h5-12,15-16H,13-14H2,1-4H3;1H. The maximum Gasteiger partial charge on any atom is 0.268 e. The molecule has 2 aromatic heterocycles. The lowest BCUT2D eigenvalue weighted by Crippen LogP contribution is -2.24. The maximum atomic E-state index is 14.1. The first kappa shape index (κ1) is 24.6. The fourth-order valence-corrected chi connectivity index (χ4v) is 4.89. The van der Waals surface area contributed by atoms with Crippen molar-refractivity contribution in [1.82, 2.24) is 25.1 Å². The van der Waals surface area contributed by atoms with Crippen LogP contribution in [0, 0.1) is 12.7 Å². The van der Waals surface area contributed by atoms with E-state index in [1.807, 2.05) is 19.0 Å². The van der Waals surface area contributed by atoms with E-state index in [0.717, 1.165) is 0 Å². The molecule has 0 aliphatic rings. The first-order valence-corrected chi connectivity index (χ1v) is 12.6. The number of halogens is 1. The van der Waals surface area contributed by atoms with Gasteiger partial charge in [-0.25, -0.2) is 17.8 Å². The Bertz CT molecular complexity index is 1440. The zero-order valence-corrected chi connectivity index (χ0v) is 20.8. The van der Waals surface area contributed by atoms with E-state index in [0.29, 0.717) is 35.6 Å². The van der Waals surface area contributed by atoms with Crippen LogP contribution in [0.25, 0.3) is 34.3 Å². The molecule has 0 saturated carbocycles. The van der Waals surface area contributed by atoms with Crippen molar-refractivity contribution in [2.24, 2.45) is 0 Å². The summed E-state index contributed by atoms with van der Waals surface area (Å²) in [5.74, 6) is -0.308. The lowest BCUT2D eigenvalue weighted by molar-refractivity contribution is 0.397. The third kappa shape index (κ3) is 5.28. The number of sulfone groups is 1. The minimum Gasteiger partial charge on any atom is -0.414 e. The molecule has 35 heavy (non-hydrogen) atoms. The third-order valence-electron chi connectivity index (χ3n) is 5.68. The summed E-state index contributed by atoms with van der Waals surface area (Å²) >= 11 is 0. The molecule has 0 bridgehead atoms. The van der Waals surface area contributed by atoms with E-state index in [1.54, 1.807) is 62.5 Å². The van der Waals surface area contributed by atoms with Crippen LogP contribution < -0.4 is 0 Å². The van der Waals surface area contributed by atoms with Crippen molar-refractivity contribution >= 4 is 9.84 Å². The smallest absolute Gasteiger partial charge is 0.268 e. The average molecular weight is 498 g/mol. The summed E-state index contributed by atoms with van der Waals surface area (Å²) in [6.07, 6.45) is 2.14. The van der Waals surface area contributed by atoms with Crippen molar-refractivity contribution in [3.8, 4) is 34.3 Å². The molecule has 4 rings (SSSR count). The highest BCUT2D eigenvalue weighted by molar-refractivity contribution is 7.92. The van der Waals surface area contributed by atoms with Crippen molar-refractivity contribution in [1.29, 1.82) is 0 Å². The van der Waals surface area contributed by atoms with Gasteiger partial charge >= 0.3 is 0 Å². The zero-order valence-electron chi connectivity index (χ0n) is 19.9. The Morgan fingerprint density at radius 1 is 1.06 bits per heavy atom. The molecule has 0 fully saturated rings. The maximum absolute atomic E-state index is 14.1.